The van der Waals surface area contributed by atoms with Crippen LogP contribution in [0.25, 0.3) is 0 Å². The fourth-order valence-electron chi connectivity index (χ4n) is 2.85. The van der Waals surface area contributed by atoms with Gasteiger partial charge in [0, 0.05) is 24.4 Å². The van der Waals surface area contributed by atoms with Crippen LogP contribution in [0.2, 0.25) is 0 Å². The molecule has 0 saturated carbocycles. The summed E-state index contributed by atoms with van der Waals surface area (Å²) in [5.41, 5.74) is 0.526. The Morgan fingerprint density at radius 1 is 1.10 bits per heavy atom. The second kappa shape index (κ2) is 9.36. The highest BCUT2D eigenvalue weighted by Crippen LogP contribution is 2.30. The highest BCUT2D eigenvalue weighted by atomic mass is 19.3. The fraction of sp³-hybridized carbons (Fsp3) is 0.286. The first-order valence-corrected chi connectivity index (χ1v) is 9.14. The van der Waals surface area contributed by atoms with Crippen LogP contribution < -0.4 is 10.1 Å². The molecule has 0 radical (unpaired) electrons. The van der Waals surface area contributed by atoms with Gasteiger partial charge in [0.2, 0.25) is 0 Å². The van der Waals surface area contributed by atoms with E-state index in [0.717, 1.165) is 11.6 Å². The predicted octanol–water partition coefficient (Wildman–Crippen LogP) is 5.05. The van der Waals surface area contributed by atoms with Gasteiger partial charge in [-0.05, 0) is 25.5 Å². The molecular formula is C21H21F3N4O. The first-order valence-electron chi connectivity index (χ1n) is 9.14. The maximum absolute atomic E-state index is 14.5. The van der Waals surface area contributed by atoms with E-state index in [0.29, 0.717) is 30.4 Å². The monoisotopic (exact) mass is 402 g/mol. The third-order valence-corrected chi connectivity index (χ3v) is 4.36. The van der Waals surface area contributed by atoms with E-state index >= 15 is 0 Å². The van der Waals surface area contributed by atoms with E-state index in [9.17, 15) is 13.2 Å². The van der Waals surface area contributed by atoms with Gasteiger partial charge in [-0.3, -0.25) is 4.98 Å². The van der Waals surface area contributed by atoms with Gasteiger partial charge in [0.1, 0.15) is 11.6 Å². The van der Waals surface area contributed by atoms with Crippen LogP contribution in [0, 0.1) is 12.7 Å². The summed E-state index contributed by atoms with van der Waals surface area (Å²) in [6.45, 7) is 3.76. The Kier molecular flexibility index (Phi) is 6.64. The van der Waals surface area contributed by atoms with E-state index in [-0.39, 0.29) is 5.56 Å². The Hall–Kier alpha value is -3.16. The van der Waals surface area contributed by atoms with Crippen molar-refractivity contribution in [2.24, 2.45) is 0 Å². The summed E-state index contributed by atoms with van der Waals surface area (Å²) in [5.74, 6) is 0.350. The summed E-state index contributed by atoms with van der Waals surface area (Å²) in [4.78, 5) is 12.5. The molecule has 152 valence electrons. The molecule has 0 amide bonds. The molecule has 1 N–H and O–H groups in total. The number of hydrogen-bond acceptors (Lipinski definition) is 5. The average Bonchev–Trinajstić information content (AvgIpc) is 2.70. The van der Waals surface area contributed by atoms with Gasteiger partial charge in [0.15, 0.2) is 11.6 Å². The SMILES string of the molecule is Cc1ncc(OCCc2cccnc2)c(N[C@H](C)c2cccc(C(F)F)c2F)n1. The standard InChI is InChI=1S/C21H21F3N4O/c1-13(16-6-3-7-17(19(16)22)20(23)24)27-21-18(12-26-14(2)28-21)29-10-8-15-5-4-9-25-11-15/h3-7,9,11-13,20H,8,10H2,1-2H3,(H,26,27,28)/t13-/m1/s1. The molecule has 5 nitrogen and oxygen atoms in total. The summed E-state index contributed by atoms with van der Waals surface area (Å²) in [6, 6.07) is 7.15. The van der Waals surface area contributed by atoms with Gasteiger partial charge in [0.05, 0.1) is 24.4 Å². The van der Waals surface area contributed by atoms with Crippen LogP contribution in [0.3, 0.4) is 0 Å². The number of nitrogens with zero attached hydrogens (tertiary/aromatic N) is 3. The van der Waals surface area contributed by atoms with E-state index in [1.54, 1.807) is 26.2 Å². The predicted molar refractivity (Wildman–Crippen MR) is 104 cm³/mol. The average molecular weight is 402 g/mol. The van der Waals surface area contributed by atoms with Crippen LogP contribution in [0.15, 0.2) is 48.9 Å². The zero-order chi connectivity index (χ0) is 20.8. The Bertz CT molecular complexity index is 954. The fourth-order valence-corrected chi connectivity index (χ4v) is 2.85. The van der Waals surface area contributed by atoms with Crippen molar-refractivity contribution in [3.63, 3.8) is 0 Å². The molecule has 1 atom stereocenters. The number of benzene rings is 1. The number of pyridine rings is 1. The van der Waals surface area contributed by atoms with Gasteiger partial charge in [-0.15, -0.1) is 0 Å². The van der Waals surface area contributed by atoms with Gasteiger partial charge < -0.3 is 10.1 Å². The van der Waals surface area contributed by atoms with E-state index in [1.807, 2.05) is 12.1 Å². The van der Waals surface area contributed by atoms with E-state index in [4.69, 9.17) is 4.74 Å². The second-order valence-corrected chi connectivity index (χ2v) is 6.51. The summed E-state index contributed by atoms with van der Waals surface area (Å²) in [5, 5.41) is 3.05. The number of aryl methyl sites for hydroxylation is 1. The van der Waals surface area contributed by atoms with E-state index in [2.05, 4.69) is 20.3 Å². The Labute approximate surface area is 167 Å². The maximum Gasteiger partial charge on any atom is 0.266 e. The number of ether oxygens (including phenoxy) is 1. The normalized spacial score (nSPS) is 12.1. The molecule has 0 aliphatic heterocycles. The van der Waals surface area contributed by atoms with Crippen LogP contribution in [-0.4, -0.2) is 21.6 Å². The first kappa shape index (κ1) is 20.6. The summed E-state index contributed by atoms with van der Waals surface area (Å²) >= 11 is 0. The molecule has 8 heteroatoms. The topological polar surface area (TPSA) is 59.9 Å². The van der Waals surface area contributed by atoms with Crippen LogP contribution >= 0.6 is 0 Å². The lowest BCUT2D eigenvalue weighted by Crippen LogP contribution is -2.13. The molecule has 1 aromatic carbocycles. The lowest BCUT2D eigenvalue weighted by molar-refractivity contribution is 0.146. The lowest BCUT2D eigenvalue weighted by atomic mass is 10.0. The number of alkyl halides is 2. The Balaban J connectivity index is 1.75. The van der Waals surface area contributed by atoms with Crippen molar-refractivity contribution < 1.29 is 17.9 Å². The third kappa shape index (κ3) is 5.22. The van der Waals surface area contributed by atoms with E-state index < -0.39 is 23.8 Å². The Morgan fingerprint density at radius 3 is 2.62 bits per heavy atom. The number of halogens is 3. The molecular weight excluding hydrogens is 381 g/mol. The maximum atomic E-state index is 14.5. The highest BCUT2D eigenvalue weighted by Gasteiger charge is 2.20. The van der Waals surface area contributed by atoms with Gasteiger partial charge in [-0.2, -0.15) is 0 Å². The van der Waals surface area contributed by atoms with Crippen molar-refractivity contribution >= 4 is 5.82 Å². The van der Waals surface area contributed by atoms with Gasteiger partial charge in [-0.1, -0.05) is 24.3 Å². The summed E-state index contributed by atoms with van der Waals surface area (Å²) in [6.07, 6.45) is 2.75. The minimum absolute atomic E-state index is 0.125. The van der Waals surface area contributed by atoms with Gasteiger partial charge >= 0.3 is 0 Å². The molecule has 0 fully saturated rings. The van der Waals surface area contributed by atoms with Crippen LogP contribution in [0.4, 0.5) is 19.0 Å². The minimum Gasteiger partial charge on any atom is -0.488 e. The number of rotatable bonds is 8. The molecule has 0 spiro atoms. The third-order valence-electron chi connectivity index (χ3n) is 4.36. The molecule has 29 heavy (non-hydrogen) atoms. The molecule has 2 aromatic heterocycles. The zero-order valence-corrected chi connectivity index (χ0v) is 16.1. The zero-order valence-electron chi connectivity index (χ0n) is 16.1. The molecule has 0 bridgehead atoms. The van der Waals surface area contributed by atoms with Crippen molar-refractivity contribution in [2.45, 2.75) is 32.7 Å². The van der Waals surface area contributed by atoms with E-state index in [1.165, 1.54) is 18.3 Å². The lowest BCUT2D eigenvalue weighted by Gasteiger charge is -2.19. The number of aromatic nitrogens is 3. The Morgan fingerprint density at radius 2 is 1.90 bits per heavy atom. The largest absolute Gasteiger partial charge is 0.488 e. The van der Waals surface area contributed by atoms with Crippen molar-refractivity contribution in [2.75, 3.05) is 11.9 Å². The number of nitrogens with one attached hydrogen (secondary N) is 1. The highest BCUT2D eigenvalue weighted by molar-refractivity contribution is 5.50. The first-order chi connectivity index (χ1) is 14.0. The molecule has 0 unspecified atom stereocenters. The molecule has 3 aromatic rings. The van der Waals surface area contributed by atoms with Crippen molar-refractivity contribution in [3.05, 3.63) is 77.3 Å². The van der Waals surface area contributed by atoms with Crippen molar-refractivity contribution in [1.82, 2.24) is 15.0 Å². The van der Waals surface area contributed by atoms with Gasteiger partial charge in [0.25, 0.3) is 6.43 Å². The molecule has 3 rings (SSSR count). The minimum atomic E-state index is -2.88. The summed E-state index contributed by atoms with van der Waals surface area (Å²) < 4.78 is 46.2. The summed E-state index contributed by atoms with van der Waals surface area (Å²) in [7, 11) is 0. The van der Waals surface area contributed by atoms with Crippen molar-refractivity contribution in [1.29, 1.82) is 0 Å². The quantitative estimate of drug-likeness (QED) is 0.571. The number of anilines is 1. The molecule has 0 saturated heterocycles. The van der Waals surface area contributed by atoms with Crippen LogP contribution in [0.1, 0.15) is 41.9 Å². The molecule has 0 aliphatic carbocycles. The smallest absolute Gasteiger partial charge is 0.266 e. The second-order valence-electron chi connectivity index (χ2n) is 6.51. The molecule has 2 heterocycles. The van der Waals surface area contributed by atoms with Gasteiger partial charge in [-0.25, -0.2) is 23.1 Å². The molecule has 0 aliphatic rings. The number of hydrogen-bond donors (Lipinski definition) is 1. The van der Waals surface area contributed by atoms with Crippen LogP contribution in [-0.2, 0) is 6.42 Å². The van der Waals surface area contributed by atoms with Crippen LogP contribution in [0.5, 0.6) is 5.75 Å². The van der Waals surface area contributed by atoms with Crippen molar-refractivity contribution in [3.8, 4) is 5.75 Å².